The number of H-pyrrole nitrogens is 1. The highest BCUT2D eigenvalue weighted by atomic mass is 19.1. The molecule has 0 amide bonds. The molecule has 0 aliphatic carbocycles. The molecule has 1 atom stereocenters. The van der Waals surface area contributed by atoms with E-state index < -0.39 is 5.69 Å². The molecule has 2 aromatic heterocycles. The minimum atomic E-state index is -0.411. The Morgan fingerprint density at radius 2 is 1.61 bits per heavy atom. The number of aromatic amines is 1. The summed E-state index contributed by atoms with van der Waals surface area (Å²) in [5.41, 5.74) is 2.10. The Labute approximate surface area is 189 Å². The van der Waals surface area contributed by atoms with Gasteiger partial charge in [-0.15, -0.1) is 0 Å². The summed E-state index contributed by atoms with van der Waals surface area (Å²) in [4.78, 5) is 23.6. The van der Waals surface area contributed by atoms with Crippen molar-refractivity contribution in [3.63, 3.8) is 0 Å². The molecule has 1 N–H and O–H groups in total. The molecule has 3 heterocycles. The van der Waals surface area contributed by atoms with Gasteiger partial charge in [-0.3, -0.25) is 14.6 Å². The molecule has 7 nitrogen and oxygen atoms in total. The van der Waals surface area contributed by atoms with E-state index in [1.165, 1.54) is 24.3 Å². The van der Waals surface area contributed by atoms with Gasteiger partial charge in [0.1, 0.15) is 23.1 Å². The molecular weight excluding hydrogens is 426 g/mol. The van der Waals surface area contributed by atoms with Gasteiger partial charge in [0.25, 0.3) is 0 Å². The fourth-order valence-electron chi connectivity index (χ4n) is 4.69. The van der Waals surface area contributed by atoms with Gasteiger partial charge in [-0.25, -0.2) is 13.6 Å². The zero-order chi connectivity index (χ0) is 23.1. The van der Waals surface area contributed by atoms with Crippen molar-refractivity contribution in [1.29, 1.82) is 0 Å². The number of halogens is 2. The summed E-state index contributed by atoms with van der Waals surface area (Å²) in [5.74, 6) is 0.0282. The molecule has 33 heavy (non-hydrogen) atoms. The van der Waals surface area contributed by atoms with Gasteiger partial charge in [0.05, 0.1) is 17.6 Å². The van der Waals surface area contributed by atoms with Crippen LogP contribution in [-0.2, 0) is 7.05 Å². The molecule has 1 saturated heterocycles. The lowest BCUT2D eigenvalue weighted by atomic mass is 9.95. The van der Waals surface area contributed by atoms with Gasteiger partial charge in [-0.05, 0) is 42.3 Å². The van der Waals surface area contributed by atoms with Gasteiger partial charge < -0.3 is 4.90 Å². The SMILES string of the molecule is CC1CN(C(c2ccc(F)cc2)c2ccc(F)cc2)CCN1c1nc(=O)[nH]c2c1cnn2C. The Kier molecular flexibility index (Phi) is 5.41. The molecule has 170 valence electrons. The van der Waals surface area contributed by atoms with Crippen LogP contribution in [0.2, 0.25) is 0 Å². The van der Waals surface area contributed by atoms with Crippen LogP contribution >= 0.6 is 0 Å². The fourth-order valence-corrected chi connectivity index (χ4v) is 4.69. The Morgan fingerprint density at radius 3 is 2.18 bits per heavy atom. The molecule has 0 saturated carbocycles. The summed E-state index contributed by atoms with van der Waals surface area (Å²) in [7, 11) is 1.78. The molecule has 5 rings (SSSR count). The molecule has 1 aliphatic rings. The number of hydrogen-bond acceptors (Lipinski definition) is 5. The number of benzene rings is 2. The number of nitrogens with one attached hydrogen (secondary N) is 1. The summed E-state index contributed by atoms with van der Waals surface area (Å²) in [6.45, 7) is 4.08. The van der Waals surface area contributed by atoms with Crippen molar-refractivity contribution >= 4 is 16.9 Å². The van der Waals surface area contributed by atoms with Crippen molar-refractivity contribution in [2.75, 3.05) is 24.5 Å². The largest absolute Gasteiger partial charge is 0.351 e. The first-order chi connectivity index (χ1) is 15.9. The molecule has 2 aromatic carbocycles. The van der Waals surface area contributed by atoms with E-state index in [-0.39, 0.29) is 23.7 Å². The number of aryl methyl sites for hydroxylation is 1. The Bertz CT molecular complexity index is 1290. The second-order valence-corrected chi connectivity index (χ2v) is 8.44. The van der Waals surface area contributed by atoms with Crippen molar-refractivity contribution in [2.45, 2.75) is 19.0 Å². The third-order valence-corrected chi connectivity index (χ3v) is 6.28. The zero-order valence-corrected chi connectivity index (χ0v) is 18.4. The van der Waals surface area contributed by atoms with Crippen LogP contribution in [0.4, 0.5) is 14.6 Å². The lowest BCUT2D eigenvalue weighted by Crippen LogP contribution is -2.53. The molecule has 1 unspecified atom stereocenters. The first-order valence-electron chi connectivity index (χ1n) is 10.8. The Morgan fingerprint density at radius 1 is 1.00 bits per heavy atom. The van der Waals surface area contributed by atoms with Crippen molar-refractivity contribution < 1.29 is 8.78 Å². The van der Waals surface area contributed by atoms with Gasteiger partial charge >= 0.3 is 5.69 Å². The lowest BCUT2D eigenvalue weighted by Gasteiger charge is -2.44. The van der Waals surface area contributed by atoms with E-state index >= 15 is 0 Å². The lowest BCUT2D eigenvalue weighted by molar-refractivity contribution is 0.187. The third-order valence-electron chi connectivity index (χ3n) is 6.28. The number of rotatable bonds is 4. The van der Waals surface area contributed by atoms with Gasteiger partial charge in [-0.2, -0.15) is 10.1 Å². The average molecular weight is 450 g/mol. The maximum Gasteiger partial charge on any atom is 0.348 e. The van der Waals surface area contributed by atoms with Gasteiger partial charge in [-0.1, -0.05) is 24.3 Å². The smallest absolute Gasteiger partial charge is 0.348 e. The van der Waals surface area contributed by atoms with Gasteiger partial charge in [0.2, 0.25) is 0 Å². The van der Waals surface area contributed by atoms with Crippen LogP contribution in [0.25, 0.3) is 11.0 Å². The first-order valence-corrected chi connectivity index (χ1v) is 10.8. The highest BCUT2D eigenvalue weighted by Gasteiger charge is 2.32. The molecule has 0 bridgehead atoms. The number of fused-ring (bicyclic) bond motifs is 1. The van der Waals surface area contributed by atoms with Crippen LogP contribution in [0.15, 0.2) is 59.5 Å². The number of aromatic nitrogens is 4. The number of piperazine rings is 1. The minimum Gasteiger partial charge on any atom is -0.351 e. The number of nitrogens with zero attached hydrogens (tertiary/aromatic N) is 5. The topological polar surface area (TPSA) is 70.1 Å². The van der Waals surface area contributed by atoms with Gasteiger partial charge in [0.15, 0.2) is 0 Å². The summed E-state index contributed by atoms with van der Waals surface area (Å²) < 4.78 is 28.8. The minimum absolute atomic E-state index is 0.0415. The van der Waals surface area contributed by atoms with E-state index in [1.807, 2.05) is 0 Å². The first kappa shape index (κ1) is 21.3. The monoisotopic (exact) mass is 450 g/mol. The van der Waals surface area contributed by atoms with E-state index in [1.54, 1.807) is 42.2 Å². The second-order valence-electron chi connectivity index (χ2n) is 8.44. The van der Waals surface area contributed by atoms with E-state index in [4.69, 9.17) is 0 Å². The molecular formula is C24H24F2N6O. The highest BCUT2D eigenvalue weighted by molar-refractivity contribution is 5.86. The van der Waals surface area contributed by atoms with Crippen LogP contribution in [0.5, 0.6) is 0 Å². The number of anilines is 1. The van der Waals surface area contributed by atoms with Crippen LogP contribution in [0.1, 0.15) is 24.1 Å². The molecule has 0 spiro atoms. The predicted octanol–water partition coefficient (Wildman–Crippen LogP) is 3.23. The Hall–Kier alpha value is -3.59. The standard InChI is InChI=1S/C24H24F2N6O/c1-15-14-31(11-12-32(15)23-20-13-27-30(2)22(20)28-24(33)29-23)21(16-3-7-18(25)8-4-16)17-5-9-19(26)10-6-17/h3-10,13,15,21H,11-12,14H2,1-2H3,(H,28,29,33). The van der Waals surface area contributed by atoms with Crippen molar-refractivity contribution in [1.82, 2.24) is 24.6 Å². The highest BCUT2D eigenvalue weighted by Crippen LogP contribution is 2.33. The van der Waals surface area contributed by atoms with Crippen LogP contribution in [0, 0.1) is 11.6 Å². The Balaban J connectivity index is 1.48. The third kappa shape index (κ3) is 4.00. The summed E-state index contributed by atoms with van der Waals surface area (Å²) >= 11 is 0. The van der Waals surface area contributed by atoms with Crippen molar-refractivity contribution in [2.24, 2.45) is 7.05 Å². The predicted molar refractivity (Wildman–Crippen MR) is 122 cm³/mol. The number of hydrogen-bond donors (Lipinski definition) is 1. The molecule has 9 heteroatoms. The maximum atomic E-state index is 13.6. The maximum absolute atomic E-state index is 13.6. The molecule has 0 radical (unpaired) electrons. The summed E-state index contributed by atoms with van der Waals surface area (Å²) in [6, 6.07) is 12.8. The van der Waals surface area contributed by atoms with Crippen LogP contribution in [-0.4, -0.2) is 50.3 Å². The molecule has 4 aromatic rings. The van der Waals surface area contributed by atoms with Gasteiger partial charge in [0, 0.05) is 32.7 Å². The molecule has 1 fully saturated rings. The van der Waals surface area contributed by atoms with Crippen molar-refractivity contribution in [3.05, 3.63) is 88.0 Å². The average Bonchev–Trinajstić information content (AvgIpc) is 3.17. The van der Waals surface area contributed by atoms with Crippen LogP contribution < -0.4 is 10.6 Å². The normalized spacial score (nSPS) is 17.2. The fraction of sp³-hybridized carbons (Fsp3) is 0.292. The van der Waals surface area contributed by atoms with Crippen LogP contribution in [0.3, 0.4) is 0 Å². The molecule has 1 aliphatic heterocycles. The van der Waals surface area contributed by atoms with E-state index in [2.05, 4.69) is 31.8 Å². The summed E-state index contributed by atoms with van der Waals surface area (Å²) in [5, 5.41) is 5.06. The van der Waals surface area contributed by atoms with E-state index in [0.29, 0.717) is 31.1 Å². The zero-order valence-electron chi connectivity index (χ0n) is 18.4. The van der Waals surface area contributed by atoms with E-state index in [9.17, 15) is 13.6 Å². The van der Waals surface area contributed by atoms with Crippen molar-refractivity contribution in [3.8, 4) is 0 Å². The second kappa shape index (κ2) is 8.40. The van der Waals surface area contributed by atoms with E-state index in [0.717, 1.165) is 16.5 Å². The summed E-state index contributed by atoms with van der Waals surface area (Å²) in [6.07, 6.45) is 1.71. The quantitative estimate of drug-likeness (QED) is 0.517.